The molecule has 14 nitrogen and oxygen atoms in total. The highest BCUT2D eigenvalue weighted by molar-refractivity contribution is 5.88. The molecule has 0 unspecified atom stereocenters. The lowest BCUT2D eigenvalue weighted by Gasteiger charge is -2.30. The van der Waals surface area contributed by atoms with Crippen LogP contribution in [0.15, 0.2) is 60.9 Å². The summed E-state index contributed by atoms with van der Waals surface area (Å²) in [6.07, 6.45) is 9.96. The summed E-state index contributed by atoms with van der Waals surface area (Å²) in [6.45, 7) is 0. The van der Waals surface area contributed by atoms with E-state index in [1.807, 2.05) is 22.2 Å². The number of hydrogen-bond donors (Lipinski definition) is 4. The van der Waals surface area contributed by atoms with E-state index < -0.39 is 24.3 Å². The summed E-state index contributed by atoms with van der Waals surface area (Å²) in [5.41, 5.74) is 5.93. The topological polar surface area (TPSA) is 175 Å². The number of aromatic nitrogens is 4. The fraction of sp³-hybridized carbons (Fsp3) is 0.476. The van der Waals surface area contributed by atoms with Crippen LogP contribution in [0, 0.1) is 23.7 Å². The summed E-state index contributed by atoms with van der Waals surface area (Å²) < 4.78 is 9.64. The van der Waals surface area contributed by atoms with E-state index in [0.29, 0.717) is 11.8 Å². The first-order valence-corrected chi connectivity index (χ1v) is 19.9. The molecule has 0 radical (unpaired) electrons. The average Bonchev–Trinajstić information content (AvgIpc) is 4.19. The average molecular weight is 759 g/mol. The van der Waals surface area contributed by atoms with Crippen LogP contribution in [0.5, 0.6) is 0 Å². The molecule has 56 heavy (non-hydrogen) atoms. The zero-order valence-corrected chi connectivity index (χ0v) is 31.4. The number of nitrogens with one attached hydrogen (secondary N) is 4. The normalized spacial score (nSPS) is 26.8. The third kappa shape index (κ3) is 6.38. The van der Waals surface area contributed by atoms with Crippen molar-refractivity contribution in [3.63, 3.8) is 0 Å². The van der Waals surface area contributed by atoms with Gasteiger partial charge in [-0.15, -0.1) is 0 Å². The van der Waals surface area contributed by atoms with E-state index >= 15 is 0 Å². The van der Waals surface area contributed by atoms with Crippen LogP contribution in [0.25, 0.3) is 33.6 Å². The second-order valence-corrected chi connectivity index (χ2v) is 16.5. The van der Waals surface area contributed by atoms with Gasteiger partial charge in [-0.25, -0.2) is 19.6 Å². The number of imidazole rings is 2. The second-order valence-electron chi connectivity index (χ2n) is 16.5. The number of aromatic amines is 2. The first-order chi connectivity index (χ1) is 27.3. The Morgan fingerprint density at radius 1 is 0.607 bits per heavy atom. The fourth-order valence-corrected chi connectivity index (χ4v) is 9.34. The van der Waals surface area contributed by atoms with Crippen LogP contribution in [0.2, 0.25) is 0 Å². The Hall–Kier alpha value is -5.66. The Kier molecular flexibility index (Phi) is 8.40. The Morgan fingerprint density at radius 3 is 1.34 bits per heavy atom. The number of likely N-dealkylation sites (tertiary alicyclic amines) is 2. The standard InChI is InChI=1S/C42H46N8O6/c1-55-41(53)47-35(25-11-12-25)39(51)49-31-15-27(31)17-33(49)37-43-19-29(45-37)23-7-3-21(4-8-23)22-5-9-24(10-6-22)30-20-44-38(46-30)34-18-28-16-32(28)50(34)40(52)36(26-13-14-26)48-42(54)56-2/h3-10,19-20,25-28,31-36H,11-18H2,1-2H3,(H,43,45)(H,44,46)(H,47,53)(H,48,54)/t27-,28-,31-,32-,33+,34+,35+,36+/m1/s1. The molecule has 6 fully saturated rings. The molecule has 10 rings (SSSR count). The van der Waals surface area contributed by atoms with Crippen molar-refractivity contribution in [2.24, 2.45) is 23.7 Å². The number of piperidine rings is 2. The number of hydrogen-bond acceptors (Lipinski definition) is 8. The number of nitrogens with zero attached hydrogens (tertiary/aromatic N) is 4. The summed E-state index contributed by atoms with van der Waals surface area (Å²) in [6, 6.07) is 15.7. The number of methoxy groups -OCH3 is 2. The number of ether oxygens (including phenoxy) is 2. The van der Waals surface area contributed by atoms with Crippen molar-refractivity contribution in [3.8, 4) is 33.6 Å². The molecule has 2 saturated heterocycles. The zero-order valence-electron chi connectivity index (χ0n) is 31.4. The van der Waals surface area contributed by atoms with Crippen molar-refractivity contribution in [2.45, 2.75) is 87.6 Å². The van der Waals surface area contributed by atoms with Gasteiger partial charge in [-0.2, -0.15) is 0 Å². The first kappa shape index (κ1) is 34.8. The van der Waals surface area contributed by atoms with Crippen LogP contribution in [-0.4, -0.2) is 92.1 Å². The van der Waals surface area contributed by atoms with Gasteiger partial charge < -0.3 is 39.9 Å². The number of carbonyl (C=O) groups is 4. The van der Waals surface area contributed by atoms with Gasteiger partial charge in [0.2, 0.25) is 11.8 Å². The molecule has 14 heteroatoms. The van der Waals surface area contributed by atoms with Gasteiger partial charge in [0.25, 0.3) is 0 Å². The largest absolute Gasteiger partial charge is 0.453 e. The van der Waals surface area contributed by atoms with Gasteiger partial charge in [-0.3, -0.25) is 9.59 Å². The maximum absolute atomic E-state index is 13.8. The highest BCUT2D eigenvalue weighted by atomic mass is 16.5. The number of carbonyl (C=O) groups excluding carboxylic acids is 4. The van der Waals surface area contributed by atoms with E-state index in [2.05, 4.69) is 69.1 Å². The van der Waals surface area contributed by atoms with Crippen molar-refractivity contribution in [3.05, 3.63) is 72.6 Å². The number of H-pyrrole nitrogens is 2. The fourth-order valence-electron chi connectivity index (χ4n) is 9.34. The minimum absolute atomic E-state index is 0.0360. The molecule has 4 amide bonds. The van der Waals surface area contributed by atoms with Crippen LogP contribution in [0.3, 0.4) is 0 Å². The van der Waals surface area contributed by atoms with Crippen molar-refractivity contribution in [2.75, 3.05) is 14.2 Å². The predicted molar refractivity (Wildman–Crippen MR) is 203 cm³/mol. The number of alkyl carbamates (subject to hydrolysis) is 2. The van der Waals surface area contributed by atoms with Crippen LogP contribution in [0.1, 0.15) is 75.1 Å². The Bertz CT molecular complexity index is 2020. The Morgan fingerprint density at radius 2 is 0.982 bits per heavy atom. The van der Waals surface area contributed by atoms with E-state index in [1.165, 1.54) is 14.2 Å². The summed E-state index contributed by atoms with van der Waals surface area (Å²) in [4.78, 5) is 72.2. The molecule has 0 spiro atoms. The summed E-state index contributed by atoms with van der Waals surface area (Å²) in [7, 11) is 2.64. The maximum Gasteiger partial charge on any atom is 0.407 e. The van der Waals surface area contributed by atoms with Crippen molar-refractivity contribution >= 4 is 24.0 Å². The van der Waals surface area contributed by atoms with Gasteiger partial charge in [-0.1, -0.05) is 48.5 Å². The molecule has 2 aromatic carbocycles. The third-order valence-electron chi connectivity index (χ3n) is 12.9. The highest BCUT2D eigenvalue weighted by Crippen LogP contribution is 2.55. The van der Waals surface area contributed by atoms with E-state index in [0.717, 1.165) is 96.7 Å². The lowest BCUT2D eigenvalue weighted by atomic mass is 10.0. The Balaban J connectivity index is 0.804. The lowest BCUT2D eigenvalue weighted by molar-refractivity contribution is -0.136. The first-order valence-electron chi connectivity index (χ1n) is 19.9. The zero-order chi connectivity index (χ0) is 38.2. The molecule has 4 saturated carbocycles. The summed E-state index contributed by atoms with van der Waals surface area (Å²) >= 11 is 0. The minimum Gasteiger partial charge on any atom is -0.453 e. The third-order valence-corrected chi connectivity index (χ3v) is 12.9. The highest BCUT2D eigenvalue weighted by Gasteiger charge is 2.58. The SMILES string of the molecule is COC(=O)N[C@H](C(=O)N1[C@@H]2C[C@@H]2C[C@H]1c1ncc(-c2ccc(-c3ccc(-c4cnc([C@@H]5C[C@H]6C[C@H]6N5C(=O)[C@@H](NC(=O)OC)C5CC5)[nH]4)cc3)cc2)[nH]1)C1CC1. The van der Waals surface area contributed by atoms with Gasteiger partial charge in [0.05, 0.1) is 50.1 Å². The predicted octanol–water partition coefficient (Wildman–Crippen LogP) is 5.73. The quantitative estimate of drug-likeness (QED) is 0.150. The van der Waals surface area contributed by atoms with E-state index in [-0.39, 0.29) is 47.8 Å². The van der Waals surface area contributed by atoms with Crippen molar-refractivity contribution < 1.29 is 28.7 Å². The van der Waals surface area contributed by atoms with Gasteiger partial charge in [-0.05, 0) is 97.3 Å². The van der Waals surface area contributed by atoms with E-state index in [9.17, 15) is 19.2 Å². The van der Waals surface area contributed by atoms with Crippen molar-refractivity contribution in [1.29, 1.82) is 0 Å². The molecule has 290 valence electrons. The van der Waals surface area contributed by atoms with Crippen LogP contribution in [0.4, 0.5) is 9.59 Å². The molecule has 0 bridgehead atoms. The minimum atomic E-state index is -0.571. The molecule has 2 aromatic heterocycles. The summed E-state index contributed by atoms with van der Waals surface area (Å²) in [5, 5.41) is 5.59. The number of fused-ring (bicyclic) bond motifs is 2. The monoisotopic (exact) mass is 758 g/mol. The van der Waals surface area contributed by atoms with E-state index in [4.69, 9.17) is 19.4 Å². The van der Waals surface area contributed by atoms with Gasteiger partial charge >= 0.3 is 12.2 Å². The van der Waals surface area contributed by atoms with Gasteiger partial charge in [0.15, 0.2) is 0 Å². The number of amides is 4. The molecular formula is C42H46N8O6. The van der Waals surface area contributed by atoms with Crippen LogP contribution in [-0.2, 0) is 19.1 Å². The molecule has 4 aliphatic carbocycles. The van der Waals surface area contributed by atoms with E-state index in [1.54, 1.807) is 0 Å². The molecular weight excluding hydrogens is 713 g/mol. The molecule has 4 N–H and O–H groups in total. The summed E-state index contributed by atoms with van der Waals surface area (Å²) in [5.74, 6) is 2.73. The van der Waals surface area contributed by atoms with Crippen molar-refractivity contribution in [1.82, 2.24) is 40.4 Å². The van der Waals surface area contributed by atoms with Crippen LogP contribution >= 0.6 is 0 Å². The smallest absolute Gasteiger partial charge is 0.407 e. The van der Waals surface area contributed by atoms with Crippen LogP contribution < -0.4 is 10.6 Å². The van der Waals surface area contributed by atoms with Gasteiger partial charge in [0.1, 0.15) is 23.7 Å². The molecule has 4 heterocycles. The number of rotatable bonds is 11. The molecule has 6 aliphatic rings. The molecule has 2 aliphatic heterocycles. The Labute approximate surface area is 324 Å². The lowest BCUT2D eigenvalue weighted by Crippen LogP contribution is -2.50. The second kappa shape index (κ2) is 13.5. The maximum atomic E-state index is 13.8. The van der Waals surface area contributed by atoms with Gasteiger partial charge in [0, 0.05) is 12.1 Å². The molecule has 4 aromatic rings. The molecule has 8 atom stereocenters. The number of benzene rings is 2.